The largest absolute Gasteiger partial charge is 0.489 e. The third-order valence-electron chi connectivity index (χ3n) is 7.96. The van der Waals surface area contributed by atoms with Crippen molar-refractivity contribution in [2.45, 2.75) is 58.1 Å². The van der Waals surface area contributed by atoms with Gasteiger partial charge in [0.1, 0.15) is 12.4 Å². The van der Waals surface area contributed by atoms with Crippen LogP contribution in [0.2, 0.25) is 0 Å². The van der Waals surface area contributed by atoms with Crippen LogP contribution in [-0.4, -0.2) is 24.8 Å². The van der Waals surface area contributed by atoms with E-state index in [4.69, 9.17) is 10.5 Å². The van der Waals surface area contributed by atoms with Crippen molar-refractivity contribution in [2.75, 3.05) is 24.6 Å². The molecule has 1 atom stereocenters. The fourth-order valence-electron chi connectivity index (χ4n) is 5.38. The summed E-state index contributed by atoms with van der Waals surface area (Å²) in [6.07, 6.45) is 6.96. The van der Waals surface area contributed by atoms with Crippen LogP contribution in [0.4, 0.5) is 5.69 Å². The van der Waals surface area contributed by atoms with Gasteiger partial charge in [-0.2, -0.15) is 0 Å². The van der Waals surface area contributed by atoms with Crippen molar-refractivity contribution in [3.05, 3.63) is 83.4 Å². The predicted octanol–water partition coefficient (Wildman–Crippen LogP) is 6.26. The lowest BCUT2D eigenvalue weighted by atomic mass is 9.92. The van der Waals surface area contributed by atoms with Crippen LogP contribution in [0.1, 0.15) is 61.8 Å². The summed E-state index contributed by atoms with van der Waals surface area (Å²) in [6, 6.07) is 23.5. The van der Waals surface area contributed by atoms with Gasteiger partial charge in [-0.1, -0.05) is 43.3 Å². The summed E-state index contributed by atoms with van der Waals surface area (Å²) in [7, 11) is 0. The summed E-state index contributed by atoms with van der Waals surface area (Å²) >= 11 is 0. The van der Waals surface area contributed by atoms with E-state index in [0.717, 1.165) is 36.4 Å². The number of nitrogens with two attached hydrogens (primary N) is 1. The fraction of sp³-hybridized carbons (Fsp3) is 0.419. The smallest absolute Gasteiger partial charge is 0.122 e. The number of para-hydroxylation sites is 1. The van der Waals surface area contributed by atoms with Crippen molar-refractivity contribution >= 4 is 5.69 Å². The Kier molecular flexibility index (Phi) is 7.12. The predicted molar refractivity (Wildman–Crippen MR) is 144 cm³/mol. The first kappa shape index (κ1) is 23.9. The highest BCUT2D eigenvalue weighted by Crippen LogP contribution is 2.54. The molecule has 5 rings (SSSR count). The molecule has 1 saturated carbocycles. The summed E-state index contributed by atoms with van der Waals surface area (Å²) < 4.78 is 6.32. The lowest BCUT2D eigenvalue weighted by Crippen LogP contribution is -2.34. The van der Waals surface area contributed by atoms with Gasteiger partial charge in [-0.25, -0.2) is 0 Å². The van der Waals surface area contributed by atoms with Crippen molar-refractivity contribution in [3.63, 3.8) is 0 Å². The van der Waals surface area contributed by atoms with Gasteiger partial charge in [-0.3, -0.25) is 0 Å². The van der Waals surface area contributed by atoms with E-state index in [0.29, 0.717) is 18.4 Å². The molecule has 0 bridgehead atoms. The first-order valence-electron chi connectivity index (χ1n) is 13.2. The summed E-state index contributed by atoms with van der Waals surface area (Å²) in [5.41, 5.74) is 14.1. The molecule has 35 heavy (non-hydrogen) atoms. The molecular formula is C31H38N2O2. The van der Waals surface area contributed by atoms with E-state index in [1.807, 2.05) is 6.07 Å². The molecule has 1 unspecified atom stereocenters. The third-order valence-corrected chi connectivity index (χ3v) is 7.96. The van der Waals surface area contributed by atoms with E-state index in [9.17, 15) is 5.11 Å². The van der Waals surface area contributed by atoms with Crippen LogP contribution in [-0.2, 0) is 13.0 Å². The number of hydrogen-bond donors (Lipinski definition) is 2. The van der Waals surface area contributed by atoms with Crippen molar-refractivity contribution in [1.82, 2.24) is 0 Å². The van der Waals surface area contributed by atoms with Crippen LogP contribution in [0.5, 0.6) is 5.75 Å². The number of aliphatic hydroxyl groups excluding tert-OH is 1. The molecule has 1 aliphatic heterocycles. The molecule has 3 aromatic carbocycles. The molecule has 2 aliphatic rings. The van der Waals surface area contributed by atoms with Crippen LogP contribution in [0.15, 0.2) is 66.7 Å². The number of benzene rings is 3. The van der Waals surface area contributed by atoms with Crippen LogP contribution >= 0.6 is 0 Å². The van der Waals surface area contributed by atoms with Gasteiger partial charge in [0, 0.05) is 31.4 Å². The second-order valence-electron chi connectivity index (χ2n) is 10.4. The summed E-state index contributed by atoms with van der Waals surface area (Å²) in [5, 5.41) is 9.33. The van der Waals surface area contributed by atoms with Crippen molar-refractivity contribution < 1.29 is 9.84 Å². The standard InChI is InChI=1S/C31H38N2O2/c1-2-24-6-3-4-9-30(24)35-22-23-18-27(25-7-5-8-26(20-25)29(32)10-17-34)21-28(19-23)33-15-13-31(11-12-31)14-16-33/h3-9,18-21,29,34H,2,10-17,22,32H2,1H3. The number of anilines is 1. The van der Waals surface area contributed by atoms with Crippen LogP contribution < -0.4 is 15.4 Å². The molecule has 4 heteroatoms. The Morgan fingerprint density at radius 1 is 0.943 bits per heavy atom. The zero-order valence-electron chi connectivity index (χ0n) is 20.9. The first-order valence-corrected chi connectivity index (χ1v) is 13.2. The van der Waals surface area contributed by atoms with Gasteiger partial charge in [0.2, 0.25) is 0 Å². The number of aliphatic hydroxyl groups is 1. The molecule has 1 aliphatic carbocycles. The van der Waals surface area contributed by atoms with Crippen LogP contribution in [0.25, 0.3) is 11.1 Å². The maximum atomic E-state index is 9.33. The molecule has 3 N–H and O–H groups in total. The van der Waals surface area contributed by atoms with E-state index in [2.05, 4.69) is 72.5 Å². The van der Waals surface area contributed by atoms with Crippen molar-refractivity contribution in [2.24, 2.45) is 11.1 Å². The second-order valence-corrected chi connectivity index (χ2v) is 10.4. The minimum absolute atomic E-state index is 0.0953. The quantitative estimate of drug-likeness (QED) is 0.388. The minimum atomic E-state index is -0.159. The lowest BCUT2D eigenvalue weighted by molar-refractivity contribution is 0.276. The molecule has 0 amide bonds. The lowest BCUT2D eigenvalue weighted by Gasteiger charge is -2.34. The maximum absolute atomic E-state index is 9.33. The molecular weight excluding hydrogens is 432 g/mol. The van der Waals surface area contributed by atoms with Crippen LogP contribution in [0, 0.1) is 5.41 Å². The van der Waals surface area contributed by atoms with E-state index < -0.39 is 0 Å². The molecule has 3 aromatic rings. The first-order chi connectivity index (χ1) is 17.1. The zero-order valence-corrected chi connectivity index (χ0v) is 20.9. The number of hydrogen-bond acceptors (Lipinski definition) is 4. The van der Waals surface area contributed by atoms with Gasteiger partial charge < -0.3 is 20.5 Å². The SMILES string of the molecule is CCc1ccccc1OCc1cc(-c2cccc(C(N)CCO)c2)cc(N2CCC3(CC2)CC3)c1. The molecule has 4 nitrogen and oxygen atoms in total. The number of nitrogens with zero attached hydrogens (tertiary/aromatic N) is 1. The van der Waals surface area contributed by atoms with Crippen LogP contribution in [0.3, 0.4) is 0 Å². The number of rotatable bonds is 9. The summed E-state index contributed by atoms with van der Waals surface area (Å²) in [5.74, 6) is 0.965. The molecule has 1 saturated heterocycles. The fourth-order valence-corrected chi connectivity index (χ4v) is 5.38. The monoisotopic (exact) mass is 470 g/mol. The number of aryl methyl sites for hydroxylation is 1. The Morgan fingerprint density at radius 2 is 1.74 bits per heavy atom. The average Bonchev–Trinajstić information content (AvgIpc) is 3.66. The molecule has 1 heterocycles. The Hall–Kier alpha value is -2.82. The Bertz CT molecular complexity index is 1140. The van der Waals surface area contributed by atoms with Gasteiger partial charge in [-0.05, 0) is 102 Å². The molecule has 0 radical (unpaired) electrons. The third kappa shape index (κ3) is 5.55. The van der Waals surface area contributed by atoms with E-state index in [-0.39, 0.29) is 12.6 Å². The summed E-state index contributed by atoms with van der Waals surface area (Å²) in [4.78, 5) is 2.55. The Morgan fingerprint density at radius 3 is 2.49 bits per heavy atom. The maximum Gasteiger partial charge on any atom is 0.122 e. The summed E-state index contributed by atoms with van der Waals surface area (Å²) in [6.45, 7) is 5.06. The number of piperidine rings is 1. The van der Waals surface area contributed by atoms with E-state index in [1.54, 1.807) is 0 Å². The molecule has 1 spiro atoms. The highest BCUT2D eigenvalue weighted by Gasteiger charge is 2.44. The van der Waals surface area contributed by atoms with E-state index in [1.165, 1.54) is 48.1 Å². The normalized spacial score (nSPS) is 17.4. The average molecular weight is 471 g/mol. The molecule has 2 fully saturated rings. The highest BCUT2D eigenvalue weighted by molar-refractivity contribution is 5.70. The van der Waals surface area contributed by atoms with Gasteiger partial charge >= 0.3 is 0 Å². The van der Waals surface area contributed by atoms with Crippen molar-refractivity contribution in [1.29, 1.82) is 0 Å². The topological polar surface area (TPSA) is 58.7 Å². The van der Waals surface area contributed by atoms with Gasteiger partial charge in [-0.15, -0.1) is 0 Å². The highest BCUT2D eigenvalue weighted by atomic mass is 16.5. The second kappa shape index (κ2) is 10.4. The zero-order chi connectivity index (χ0) is 24.3. The number of ether oxygens (including phenoxy) is 1. The van der Waals surface area contributed by atoms with E-state index >= 15 is 0 Å². The Labute approximate surface area is 209 Å². The van der Waals surface area contributed by atoms with Crippen molar-refractivity contribution in [3.8, 4) is 16.9 Å². The Balaban J connectivity index is 1.44. The molecule has 0 aromatic heterocycles. The van der Waals surface area contributed by atoms with Gasteiger partial charge in [0.05, 0.1) is 0 Å². The minimum Gasteiger partial charge on any atom is -0.489 e. The molecule has 184 valence electrons. The van der Waals surface area contributed by atoms with Gasteiger partial charge in [0.25, 0.3) is 0 Å². The van der Waals surface area contributed by atoms with Gasteiger partial charge in [0.15, 0.2) is 0 Å².